The van der Waals surface area contributed by atoms with Crippen LogP contribution in [0.3, 0.4) is 0 Å². The molecule has 65 heavy (non-hydrogen) atoms. The highest BCUT2D eigenvalue weighted by Crippen LogP contribution is 2.13. The fourth-order valence-electron chi connectivity index (χ4n) is 6.77. The second-order valence-corrected chi connectivity index (χ2v) is 17.0. The smallest absolute Gasteiger partial charge is 0.306 e. The molecule has 0 aliphatic carbocycles. The van der Waals surface area contributed by atoms with Crippen molar-refractivity contribution in [3.63, 3.8) is 0 Å². The number of carbonyl (C=O) groups is 3. The maximum Gasteiger partial charge on any atom is 0.306 e. The van der Waals surface area contributed by atoms with Crippen molar-refractivity contribution >= 4 is 17.9 Å². The molecule has 0 fully saturated rings. The van der Waals surface area contributed by atoms with Crippen LogP contribution < -0.4 is 0 Å². The van der Waals surface area contributed by atoms with E-state index in [1.165, 1.54) is 77.0 Å². The van der Waals surface area contributed by atoms with Crippen molar-refractivity contribution in [1.29, 1.82) is 0 Å². The molecule has 6 nitrogen and oxygen atoms in total. The highest BCUT2D eigenvalue weighted by molar-refractivity contribution is 5.71. The molecule has 0 aliphatic rings. The van der Waals surface area contributed by atoms with Crippen LogP contribution >= 0.6 is 0 Å². The number of allylic oxidation sites excluding steroid dienone is 18. The molecule has 0 spiro atoms. The molecule has 368 valence electrons. The minimum atomic E-state index is -0.817. The fourth-order valence-corrected chi connectivity index (χ4v) is 6.77. The Hall–Kier alpha value is -3.93. The van der Waals surface area contributed by atoms with Crippen molar-refractivity contribution in [2.45, 2.75) is 232 Å². The van der Waals surface area contributed by atoms with Crippen LogP contribution in [0.2, 0.25) is 0 Å². The number of hydrogen-bond acceptors (Lipinski definition) is 6. The first kappa shape index (κ1) is 61.1. The van der Waals surface area contributed by atoms with Gasteiger partial charge in [-0.2, -0.15) is 0 Å². The summed E-state index contributed by atoms with van der Waals surface area (Å²) in [7, 11) is 0. The number of ether oxygens (including phenoxy) is 3. The van der Waals surface area contributed by atoms with Gasteiger partial charge >= 0.3 is 17.9 Å². The van der Waals surface area contributed by atoms with Gasteiger partial charge in [0.2, 0.25) is 0 Å². The Kier molecular flexibility index (Phi) is 49.5. The van der Waals surface area contributed by atoms with Crippen LogP contribution in [0.4, 0.5) is 0 Å². The molecule has 0 radical (unpaired) electrons. The molecule has 0 aromatic heterocycles. The Labute approximate surface area is 400 Å². The molecule has 0 rings (SSSR count). The maximum atomic E-state index is 12.8. The summed E-state index contributed by atoms with van der Waals surface area (Å²) in [6.45, 7) is 6.37. The Morgan fingerprint density at radius 3 is 1.09 bits per heavy atom. The van der Waals surface area contributed by atoms with Gasteiger partial charge in [-0.3, -0.25) is 14.4 Å². The molecular formula is C59H96O6. The van der Waals surface area contributed by atoms with E-state index >= 15 is 0 Å². The predicted octanol–water partition coefficient (Wildman–Crippen LogP) is 17.5. The Balaban J connectivity index is 4.51. The van der Waals surface area contributed by atoms with Crippen molar-refractivity contribution in [2.24, 2.45) is 0 Å². The summed E-state index contributed by atoms with van der Waals surface area (Å²) >= 11 is 0. The Morgan fingerprint density at radius 1 is 0.323 bits per heavy atom. The van der Waals surface area contributed by atoms with Crippen molar-refractivity contribution < 1.29 is 28.6 Å². The normalized spacial score (nSPS) is 13.0. The zero-order valence-corrected chi connectivity index (χ0v) is 42.0. The lowest BCUT2D eigenvalue weighted by atomic mass is 10.1. The quantitative estimate of drug-likeness (QED) is 0.0262. The average Bonchev–Trinajstić information content (AvgIpc) is 3.30. The van der Waals surface area contributed by atoms with E-state index in [0.29, 0.717) is 19.3 Å². The standard InChI is InChI=1S/C59H96O6/c1-4-7-10-13-16-19-22-24-26-28-29-31-32-34-37-40-43-46-49-52-58(61)64-55-56(54-63-57(60)51-48-45-42-39-36-21-18-15-12-9-6-3)65-59(62)53-50-47-44-41-38-35-33-30-27-25-23-20-17-14-11-8-5-2/h7,10,15-20,24-27,29,31,34,37,43,46,56H,4-6,8-9,11-14,21-23,28,30,32-33,35-36,38-42,44-45,47-55H2,1-3H3/b10-7-,18-15-,19-16-,20-17-,26-24-,27-25-,31-29-,37-34-,46-43-/t56-/m1/s1. The van der Waals surface area contributed by atoms with Crippen LogP contribution in [-0.4, -0.2) is 37.2 Å². The van der Waals surface area contributed by atoms with Gasteiger partial charge in [0.05, 0.1) is 0 Å². The zero-order valence-electron chi connectivity index (χ0n) is 42.0. The first-order chi connectivity index (χ1) is 32.0. The third-order valence-electron chi connectivity index (χ3n) is 10.7. The minimum Gasteiger partial charge on any atom is -0.462 e. The van der Waals surface area contributed by atoms with Crippen molar-refractivity contribution in [2.75, 3.05) is 13.2 Å². The molecule has 0 bridgehead atoms. The zero-order chi connectivity index (χ0) is 47.2. The summed E-state index contributed by atoms with van der Waals surface area (Å²) in [6.07, 6.45) is 70.8. The first-order valence-electron chi connectivity index (χ1n) is 26.4. The molecule has 0 aromatic rings. The molecule has 0 heterocycles. The third kappa shape index (κ3) is 50.9. The van der Waals surface area contributed by atoms with Crippen molar-refractivity contribution in [3.8, 4) is 0 Å². The van der Waals surface area contributed by atoms with Gasteiger partial charge in [-0.1, -0.05) is 207 Å². The average molecular weight is 901 g/mol. The lowest BCUT2D eigenvalue weighted by molar-refractivity contribution is -0.166. The van der Waals surface area contributed by atoms with Crippen molar-refractivity contribution in [1.82, 2.24) is 0 Å². The van der Waals surface area contributed by atoms with E-state index in [0.717, 1.165) is 103 Å². The summed E-state index contributed by atoms with van der Waals surface area (Å²) in [6, 6.07) is 0. The molecule has 0 aromatic carbocycles. The van der Waals surface area contributed by atoms with E-state index in [9.17, 15) is 14.4 Å². The Bertz CT molecular complexity index is 1360. The molecule has 0 amide bonds. The number of esters is 3. The number of unbranched alkanes of at least 4 members (excludes halogenated alkanes) is 17. The number of rotatable bonds is 46. The van der Waals surface area contributed by atoms with Crippen molar-refractivity contribution in [3.05, 3.63) is 109 Å². The van der Waals surface area contributed by atoms with Crippen LogP contribution in [-0.2, 0) is 28.6 Å². The van der Waals surface area contributed by atoms with E-state index in [2.05, 4.69) is 118 Å². The summed E-state index contributed by atoms with van der Waals surface area (Å²) in [4.78, 5) is 38.0. The Morgan fingerprint density at radius 2 is 0.646 bits per heavy atom. The van der Waals surface area contributed by atoms with Gasteiger partial charge in [-0.05, 0) is 109 Å². The van der Waals surface area contributed by atoms with Gasteiger partial charge in [0.1, 0.15) is 13.2 Å². The van der Waals surface area contributed by atoms with Gasteiger partial charge < -0.3 is 14.2 Å². The van der Waals surface area contributed by atoms with Gasteiger partial charge in [0, 0.05) is 19.3 Å². The number of carbonyl (C=O) groups excluding carboxylic acids is 3. The predicted molar refractivity (Wildman–Crippen MR) is 279 cm³/mol. The molecular weight excluding hydrogens is 805 g/mol. The highest BCUT2D eigenvalue weighted by Gasteiger charge is 2.19. The monoisotopic (exact) mass is 901 g/mol. The van der Waals surface area contributed by atoms with E-state index < -0.39 is 6.10 Å². The summed E-state index contributed by atoms with van der Waals surface area (Å²) < 4.78 is 16.7. The molecule has 0 aliphatic heterocycles. The van der Waals surface area contributed by atoms with E-state index in [1.54, 1.807) is 0 Å². The van der Waals surface area contributed by atoms with Crippen LogP contribution in [0, 0.1) is 0 Å². The summed E-state index contributed by atoms with van der Waals surface area (Å²) in [5.41, 5.74) is 0. The fraction of sp³-hybridized carbons (Fsp3) is 0.644. The lowest BCUT2D eigenvalue weighted by Gasteiger charge is -2.18. The molecule has 0 saturated heterocycles. The van der Waals surface area contributed by atoms with Crippen LogP contribution in [0.1, 0.15) is 226 Å². The topological polar surface area (TPSA) is 78.9 Å². The molecule has 0 saturated carbocycles. The highest BCUT2D eigenvalue weighted by atomic mass is 16.6. The van der Waals surface area contributed by atoms with Gasteiger partial charge in [-0.15, -0.1) is 0 Å². The van der Waals surface area contributed by atoms with E-state index in [-0.39, 0.29) is 37.5 Å². The first-order valence-corrected chi connectivity index (χ1v) is 26.4. The lowest BCUT2D eigenvalue weighted by Crippen LogP contribution is -2.30. The molecule has 1 atom stereocenters. The molecule has 0 unspecified atom stereocenters. The SMILES string of the molecule is CC/C=C\C/C=C\C/C=C\C/C=C\C/C=C\C/C=C\CCC(=O)OC[C@@H](COC(=O)CCCCCCC/C=C\CCCC)OC(=O)CCCCCCCCC/C=C\C/C=C\CCCCC. The molecule has 0 N–H and O–H groups in total. The van der Waals surface area contributed by atoms with E-state index in [1.807, 2.05) is 12.2 Å². The molecule has 6 heteroatoms. The van der Waals surface area contributed by atoms with Crippen LogP contribution in [0.25, 0.3) is 0 Å². The van der Waals surface area contributed by atoms with Crippen LogP contribution in [0.5, 0.6) is 0 Å². The largest absolute Gasteiger partial charge is 0.462 e. The number of hydrogen-bond donors (Lipinski definition) is 0. The maximum absolute atomic E-state index is 12.8. The van der Waals surface area contributed by atoms with Gasteiger partial charge in [-0.25, -0.2) is 0 Å². The van der Waals surface area contributed by atoms with Gasteiger partial charge in [0.15, 0.2) is 6.10 Å². The van der Waals surface area contributed by atoms with Gasteiger partial charge in [0.25, 0.3) is 0 Å². The summed E-state index contributed by atoms with van der Waals surface area (Å²) in [5.74, 6) is -1.02. The third-order valence-corrected chi connectivity index (χ3v) is 10.7. The van der Waals surface area contributed by atoms with Crippen LogP contribution in [0.15, 0.2) is 109 Å². The second-order valence-electron chi connectivity index (χ2n) is 17.0. The minimum absolute atomic E-state index is 0.111. The second kappa shape index (κ2) is 52.7. The summed E-state index contributed by atoms with van der Waals surface area (Å²) in [5, 5.41) is 0. The van der Waals surface area contributed by atoms with E-state index in [4.69, 9.17) is 14.2 Å².